The molecule has 0 unspecified atom stereocenters. The molecular weight excluding hydrogens is 1070 g/mol. The average molecular weight is 1110 g/mol. The standard InChI is InChI=1S/C46H40S16/c1-47-35-39-51-23-31-13-5-27(6-14-31)21-28-9-17-33(18-10-28)25-53-41-37(49-3)57-45(61-41)46-58-38(50-4)42(62-46)54-26-34-19-11-30(12-20-34)22-29-7-15-32(16-8-29)24-52-40-36(48-2)56-44(60-40)43(55-35)59-39/h5-20H,21-26H2,1-4H3/b44-43-,46-45-. The van der Waals surface area contributed by atoms with Crippen LogP contribution < -0.4 is 0 Å². The zero-order valence-electron chi connectivity index (χ0n) is 34.0. The minimum absolute atomic E-state index is 0.957. The first kappa shape index (κ1) is 48.0. The van der Waals surface area contributed by atoms with Crippen LogP contribution in [-0.2, 0) is 35.9 Å². The van der Waals surface area contributed by atoms with Gasteiger partial charge in [0.2, 0.25) is 0 Å². The smallest absolute Gasteiger partial charge is 0.0717 e. The molecule has 11 aliphatic rings. The molecule has 16 bridgehead atoms. The van der Waals surface area contributed by atoms with E-state index in [1.54, 1.807) is 0 Å². The molecule has 0 aliphatic carbocycles. The molecule has 11 heterocycles. The molecule has 0 saturated carbocycles. The summed E-state index contributed by atoms with van der Waals surface area (Å²) >= 11 is 31.3. The van der Waals surface area contributed by atoms with Crippen LogP contribution in [0, 0.1) is 0 Å². The summed E-state index contributed by atoms with van der Waals surface area (Å²) < 4.78 is 17.3. The van der Waals surface area contributed by atoms with Crippen LogP contribution in [0.3, 0.4) is 0 Å². The van der Waals surface area contributed by atoms with Gasteiger partial charge in [0, 0.05) is 23.0 Å². The third-order valence-corrected chi connectivity index (χ3v) is 32.4. The van der Waals surface area contributed by atoms with Gasteiger partial charge in [-0.05, 0) is 82.4 Å². The summed E-state index contributed by atoms with van der Waals surface area (Å²) in [6, 6.07) is 37.3. The molecule has 0 radical (unpaired) electrons. The van der Waals surface area contributed by atoms with Crippen LogP contribution in [0.1, 0.15) is 44.5 Å². The Kier molecular flexibility index (Phi) is 18.2. The first-order valence-corrected chi connectivity index (χ1v) is 34.7. The van der Waals surface area contributed by atoms with E-state index in [2.05, 4.69) is 122 Å². The van der Waals surface area contributed by atoms with Crippen molar-refractivity contribution in [2.24, 2.45) is 0 Å². The number of hydrogen-bond donors (Lipinski definition) is 0. The van der Waals surface area contributed by atoms with Gasteiger partial charge >= 0.3 is 0 Å². The molecule has 0 N–H and O–H groups in total. The second-order valence-corrected chi connectivity index (χ2v) is 32.3. The summed E-state index contributed by atoms with van der Waals surface area (Å²) in [5, 5.41) is 0. The van der Waals surface area contributed by atoms with Crippen molar-refractivity contribution in [2.75, 3.05) is 25.0 Å². The molecule has 0 spiro atoms. The van der Waals surface area contributed by atoms with Gasteiger partial charge in [-0.25, -0.2) is 0 Å². The van der Waals surface area contributed by atoms with Gasteiger partial charge in [-0.1, -0.05) is 191 Å². The summed E-state index contributed by atoms with van der Waals surface area (Å²) in [6.45, 7) is 0. The van der Waals surface area contributed by atoms with Crippen LogP contribution in [0.4, 0.5) is 0 Å². The van der Waals surface area contributed by atoms with E-state index in [0.717, 1.165) is 35.9 Å². The third kappa shape index (κ3) is 12.4. The van der Waals surface area contributed by atoms with E-state index in [-0.39, 0.29) is 0 Å². The second-order valence-electron chi connectivity index (χ2n) is 13.9. The van der Waals surface area contributed by atoms with E-state index in [1.807, 2.05) is 188 Å². The average Bonchev–Trinajstić information content (AvgIpc) is 4.12. The first-order chi connectivity index (χ1) is 30.4. The van der Waals surface area contributed by atoms with Crippen molar-refractivity contribution >= 4 is 188 Å². The molecule has 0 aromatic heterocycles. The highest BCUT2D eigenvalue weighted by molar-refractivity contribution is 8.46. The van der Waals surface area contributed by atoms with Gasteiger partial charge in [0.05, 0.1) is 50.8 Å². The summed E-state index contributed by atoms with van der Waals surface area (Å²) in [7, 11) is 0. The third-order valence-electron chi connectivity index (χ3n) is 9.61. The number of benzene rings is 4. The van der Waals surface area contributed by atoms with Gasteiger partial charge in [0.25, 0.3) is 0 Å². The normalized spacial score (nSPS) is 21.6. The number of rotatable bonds is 4. The largest absolute Gasteiger partial charge is 0.121 e. The fourth-order valence-corrected chi connectivity index (χ4v) is 28.5. The lowest BCUT2D eigenvalue weighted by atomic mass is 10.0. The summed E-state index contributed by atoms with van der Waals surface area (Å²) in [6.07, 6.45) is 10.8. The highest BCUT2D eigenvalue weighted by atomic mass is 32.3. The summed E-state index contributed by atoms with van der Waals surface area (Å²) in [4.78, 5) is 0. The lowest BCUT2D eigenvalue weighted by Crippen LogP contribution is -1.90. The van der Waals surface area contributed by atoms with E-state index < -0.39 is 0 Å². The highest BCUT2D eigenvalue weighted by Gasteiger charge is 2.32. The Bertz CT molecular complexity index is 2130. The van der Waals surface area contributed by atoms with Crippen molar-refractivity contribution in [2.45, 2.75) is 35.9 Å². The molecule has 0 atom stereocenters. The zero-order valence-corrected chi connectivity index (χ0v) is 47.1. The van der Waals surface area contributed by atoms with Gasteiger partial charge in [-0.15, -0.1) is 94.1 Å². The number of thioether (sulfide) groups is 16. The van der Waals surface area contributed by atoms with Crippen molar-refractivity contribution in [3.8, 4) is 0 Å². The maximum Gasteiger partial charge on any atom is 0.0717 e. The van der Waals surface area contributed by atoms with E-state index in [1.165, 1.54) is 95.4 Å². The lowest BCUT2D eigenvalue weighted by molar-refractivity contribution is 1.18. The minimum Gasteiger partial charge on any atom is -0.121 e. The minimum atomic E-state index is 0.957. The molecule has 11 aliphatic heterocycles. The summed E-state index contributed by atoms with van der Waals surface area (Å²) in [5.74, 6) is 3.95. The Morgan fingerprint density at radius 3 is 0.645 bits per heavy atom. The predicted molar refractivity (Wildman–Crippen MR) is 314 cm³/mol. The quantitative estimate of drug-likeness (QED) is 0.190. The molecular formula is C46H40S16. The molecule has 0 nitrogen and oxygen atoms in total. The van der Waals surface area contributed by atoms with E-state index in [4.69, 9.17) is 0 Å². The predicted octanol–water partition coefficient (Wildman–Crippen LogP) is 19.6. The lowest BCUT2D eigenvalue weighted by Gasteiger charge is -2.08. The Hall–Kier alpha value is 0.920. The Balaban J connectivity index is 0.912. The molecule has 0 saturated heterocycles. The van der Waals surface area contributed by atoms with Gasteiger partial charge in [0.15, 0.2) is 0 Å². The maximum atomic E-state index is 2.33. The van der Waals surface area contributed by atoms with Crippen LogP contribution in [0.2, 0.25) is 0 Å². The Morgan fingerprint density at radius 1 is 0.258 bits per heavy atom. The van der Waals surface area contributed by atoms with Crippen LogP contribution >= 0.6 is 188 Å². The Morgan fingerprint density at radius 2 is 0.452 bits per heavy atom. The van der Waals surface area contributed by atoms with Crippen LogP contribution in [0.25, 0.3) is 0 Å². The molecule has 4 aromatic rings. The SMILES string of the molecule is CSC1=C2SCc3ccc(cc3)Cc3ccc(cc3)CSC3=C(SC)S/C(=C4\SC(SC)=C(SCc5ccc(cc5)Cc5ccc(cc5)CSC5=C(SC)S/C(=C(\S1)S2)S5)S4)S3. The van der Waals surface area contributed by atoms with Gasteiger partial charge in [-0.2, -0.15) is 0 Å². The van der Waals surface area contributed by atoms with Gasteiger partial charge < -0.3 is 0 Å². The van der Waals surface area contributed by atoms with Crippen molar-refractivity contribution < 1.29 is 0 Å². The maximum absolute atomic E-state index is 2.33. The van der Waals surface area contributed by atoms with Crippen LogP contribution in [0.5, 0.6) is 0 Å². The number of hydrogen-bond acceptors (Lipinski definition) is 16. The monoisotopic (exact) mass is 1100 g/mol. The van der Waals surface area contributed by atoms with E-state index >= 15 is 0 Å². The molecule has 15 rings (SSSR count). The molecule has 0 fully saturated rings. The molecule has 4 aromatic carbocycles. The topological polar surface area (TPSA) is 0 Å². The zero-order chi connectivity index (χ0) is 42.4. The fraction of sp³-hybridized carbons (Fsp3) is 0.217. The van der Waals surface area contributed by atoms with Crippen molar-refractivity contribution in [3.63, 3.8) is 0 Å². The van der Waals surface area contributed by atoms with Crippen molar-refractivity contribution in [1.29, 1.82) is 0 Å². The summed E-state index contributed by atoms with van der Waals surface area (Å²) in [5.41, 5.74) is 11.0. The Labute approximate surface area is 435 Å². The van der Waals surface area contributed by atoms with Crippen molar-refractivity contribution in [3.05, 3.63) is 192 Å². The second kappa shape index (κ2) is 23.5. The molecule has 62 heavy (non-hydrogen) atoms. The van der Waals surface area contributed by atoms with E-state index in [0.29, 0.717) is 0 Å². The molecule has 320 valence electrons. The molecule has 0 amide bonds. The first-order valence-electron chi connectivity index (χ1n) is 19.3. The van der Waals surface area contributed by atoms with Gasteiger partial charge in [-0.3, -0.25) is 0 Å². The van der Waals surface area contributed by atoms with Crippen LogP contribution in [0.15, 0.2) is 148 Å². The highest BCUT2D eigenvalue weighted by Crippen LogP contribution is 2.67. The van der Waals surface area contributed by atoms with Crippen LogP contribution in [-0.4, -0.2) is 25.0 Å². The fourth-order valence-electron chi connectivity index (χ4n) is 6.36. The van der Waals surface area contributed by atoms with E-state index in [9.17, 15) is 0 Å². The van der Waals surface area contributed by atoms with Gasteiger partial charge in [0.1, 0.15) is 0 Å². The van der Waals surface area contributed by atoms with Crippen molar-refractivity contribution in [1.82, 2.24) is 0 Å². The molecule has 16 heteroatoms.